The molecule has 0 atom stereocenters. The predicted molar refractivity (Wildman–Crippen MR) is 119 cm³/mol. The molecule has 0 bridgehead atoms. The van der Waals surface area contributed by atoms with E-state index in [-0.39, 0.29) is 11.9 Å². The van der Waals surface area contributed by atoms with E-state index in [2.05, 4.69) is 27.1 Å². The summed E-state index contributed by atoms with van der Waals surface area (Å²) in [5, 5.41) is 11.0. The van der Waals surface area contributed by atoms with Crippen molar-refractivity contribution in [2.45, 2.75) is 38.2 Å². The Labute approximate surface area is 175 Å². The number of ether oxygens (including phenoxy) is 1. The highest BCUT2D eigenvalue weighted by atomic mass is 16.5. The van der Waals surface area contributed by atoms with Gasteiger partial charge in [-0.2, -0.15) is 4.98 Å². The van der Waals surface area contributed by atoms with Crippen LogP contribution in [0.25, 0.3) is 10.9 Å². The van der Waals surface area contributed by atoms with Crippen molar-refractivity contribution >= 4 is 28.5 Å². The summed E-state index contributed by atoms with van der Waals surface area (Å²) >= 11 is 0. The van der Waals surface area contributed by atoms with Gasteiger partial charge in [-0.3, -0.25) is 0 Å². The number of hydrogen-bond donors (Lipinski definition) is 3. The van der Waals surface area contributed by atoms with Crippen LogP contribution < -0.4 is 16.2 Å². The van der Waals surface area contributed by atoms with Gasteiger partial charge < -0.3 is 21.3 Å². The first-order chi connectivity index (χ1) is 14.3. The van der Waals surface area contributed by atoms with E-state index < -0.39 is 5.60 Å². The maximum Gasteiger partial charge on any atom is 0.222 e. The summed E-state index contributed by atoms with van der Waals surface area (Å²) in [7, 11) is 1.59. The molecule has 1 aliphatic rings. The van der Waals surface area contributed by atoms with Crippen LogP contribution in [0.15, 0.2) is 47.5 Å². The first-order valence-corrected chi connectivity index (χ1v) is 10.0. The maximum absolute atomic E-state index is 10.3. The molecule has 5 N–H and O–H groups in total. The SMILES string of the molecule is COc1cccc2c(N=C(N)C3CC(c4cccc(C(C)(C)O)c4)C3)nc(N)nc12. The van der Waals surface area contributed by atoms with Gasteiger partial charge in [0.05, 0.1) is 12.7 Å². The third-order valence-corrected chi connectivity index (χ3v) is 5.76. The van der Waals surface area contributed by atoms with Crippen molar-refractivity contribution < 1.29 is 9.84 Å². The third-order valence-electron chi connectivity index (χ3n) is 5.76. The van der Waals surface area contributed by atoms with E-state index in [1.807, 2.05) is 30.3 Å². The number of anilines is 1. The molecular weight excluding hydrogens is 378 g/mol. The highest BCUT2D eigenvalue weighted by Crippen LogP contribution is 2.43. The summed E-state index contributed by atoms with van der Waals surface area (Å²) in [6.45, 7) is 3.60. The monoisotopic (exact) mass is 405 g/mol. The van der Waals surface area contributed by atoms with Crippen LogP contribution in [0.3, 0.4) is 0 Å². The molecule has 2 aromatic carbocycles. The number of rotatable bonds is 5. The molecule has 0 unspecified atom stereocenters. The van der Waals surface area contributed by atoms with Gasteiger partial charge in [0, 0.05) is 11.3 Å². The lowest BCUT2D eigenvalue weighted by Crippen LogP contribution is -2.34. The molecule has 7 heteroatoms. The molecule has 1 aromatic heterocycles. The number of fused-ring (bicyclic) bond motifs is 1. The van der Waals surface area contributed by atoms with Gasteiger partial charge in [-0.15, -0.1) is 0 Å². The van der Waals surface area contributed by atoms with Crippen molar-refractivity contribution in [3.63, 3.8) is 0 Å². The minimum Gasteiger partial charge on any atom is -0.494 e. The summed E-state index contributed by atoms with van der Waals surface area (Å²) in [5.41, 5.74) is 14.1. The van der Waals surface area contributed by atoms with E-state index >= 15 is 0 Å². The van der Waals surface area contributed by atoms with Gasteiger partial charge in [0.2, 0.25) is 5.95 Å². The van der Waals surface area contributed by atoms with Crippen LogP contribution >= 0.6 is 0 Å². The largest absolute Gasteiger partial charge is 0.494 e. The van der Waals surface area contributed by atoms with Crippen LogP contribution in [0.5, 0.6) is 5.75 Å². The second kappa shape index (κ2) is 7.57. The zero-order valence-electron chi connectivity index (χ0n) is 17.5. The second-order valence-electron chi connectivity index (χ2n) is 8.35. The first-order valence-electron chi connectivity index (χ1n) is 10.0. The Morgan fingerprint density at radius 3 is 2.60 bits per heavy atom. The van der Waals surface area contributed by atoms with Crippen molar-refractivity contribution in [2.24, 2.45) is 16.6 Å². The fraction of sp³-hybridized carbons (Fsp3) is 0.348. The lowest BCUT2D eigenvalue weighted by molar-refractivity contribution is 0.0784. The smallest absolute Gasteiger partial charge is 0.222 e. The molecule has 0 saturated heterocycles. The molecule has 4 rings (SSSR count). The van der Waals surface area contributed by atoms with Gasteiger partial charge in [-0.25, -0.2) is 9.98 Å². The Balaban J connectivity index is 1.56. The normalized spacial score (nSPS) is 19.5. The third kappa shape index (κ3) is 3.80. The summed E-state index contributed by atoms with van der Waals surface area (Å²) in [6.07, 6.45) is 1.82. The molecule has 30 heavy (non-hydrogen) atoms. The zero-order chi connectivity index (χ0) is 21.5. The lowest BCUT2D eigenvalue weighted by atomic mass is 9.70. The number of nitrogens with zero attached hydrogens (tertiary/aromatic N) is 3. The molecule has 1 heterocycles. The molecule has 1 fully saturated rings. The van der Waals surface area contributed by atoms with Gasteiger partial charge in [-0.1, -0.05) is 30.3 Å². The van der Waals surface area contributed by atoms with E-state index in [9.17, 15) is 5.11 Å². The predicted octanol–water partition coefficient (Wildman–Crippen LogP) is 3.63. The molecule has 0 amide bonds. The number of aromatic nitrogens is 2. The Bertz CT molecular complexity index is 1110. The van der Waals surface area contributed by atoms with Crippen LogP contribution in [0, 0.1) is 5.92 Å². The number of amidine groups is 1. The highest BCUT2D eigenvalue weighted by molar-refractivity contribution is 5.96. The Hall–Kier alpha value is -3.19. The van der Waals surface area contributed by atoms with E-state index in [4.69, 9.17) is 16.2 Å². The van der Waals surface area contributed by atoms with Crippen molar-refractivity contribution in [1.82, 2.24) is 9.97 Å². The van der Waals surface area contributed by atoms with Crippen molar-refractivity contribution in [2.75, 3.05) is 12.8 Å². The van der Waals surface area contributed by atoms with Crippen molar-refractivity contribution in [3.05, 3.63) is 53.6 Å². The van der Waals surface area contributed by atoms with E-state index in [1.165, 1.54) is 5.56 Å². The van der Waals surface area contributed by atoms with Crippen LogP contribution in [0.4, 0.5) is 11.8 Å². The first kappa shape index (κ1) is 20.1. The Morgan fingerprint density at radius 1 is 1.17 bits per heavy atom. The standard InChI is InChI=1S/C23H27N5O2/c1-23(2,29)16-7-4-6-13(12-16)14-10-15(11-14)20(24)27-21-17-8-5-9-18(30-3)19(17)26-22(25)28-21/h4-9,12,14-15,29H,10-11H2,1-3H3,(H4,24,25,26,27,28). The summed E-state index contributed by atoms with van der Waals surface area (Å²) in [5.74, 6) is 2.34. The fourth-order valence-electron chi connectivity index (χ4n) is 3.89. The molecule has 3 aromatic rings. The number of para-hydroxylation sites is 1. The summed E-state index contributed by atoms with van der Waals surface area (Å²) < 4.78 is 5.38. The number of nitrogen functional groups attached to an aromatic ring is 1. The number of aliphatic hydroxyl groups is 1. The van der Waals surface area contributed by atoms with Crippen LogP contribution in [0.1, 0.15) is 43.7 Å². The van der Waals surface area contributed by atoms with E-state index in [0.29, 0.717) is 28.8 Å². The van der Waals surface area contributed by atoms with Gasteiger partial charge >= 0.3 is 0 Å². The quantitative estimate of drug-likeness (QED) is 0.440. The molecule has 0 spiro atoms. The molecule has 0 radical (unpaired) electrons. The molecule has 0 aliphatic heterocycles. The van der Waals surface area contributed by atoms with Gasteiger partial charge in [0.1, 0.15) is 17.1 Å². The van der Waals surface area contributed by atoms with E-state index in [0.717, 1.165) is 23.8 Å². The molecule has 1 aliphatic carbocycles. The van der Waals surface area contributed by atoms with Crippen LogP contribution in [-0.4, -0.2) is 28.0 Å². The number of aliphatic imine (C=N–C) groups is 1. The fourth-order valence-corrected chi connectivity index (χ4v) is 3.89. The van der Waals surface area contributed by atoms with Crippen molar-refractivity contribution in [1.29, 1.82) is 0 Å². The zero-order valence-corrected chi connectivity index (χ0v) is 17.5. The molecule has 156 valence electrons. The minimum atomic E-state index is -0.852. The Kier molecular flexibility index (Phi) is 5.07. The van der Waals surface area contributed by atoms with Crippen LogP contribution in [0.2, 0.25) is 0 Å². The summed E-state index contributed by atoms with van der Waals surface area (Å²) in [4.78, 5) is 13.2. The van der Waals surface area contributed by atoms with Gasteiger partial charge in [0.15, 0.2) is 5.82 Å². The number of hydrogen-bond acceptors (Lipinski definition) is 6. The van der Waals surface area contributed by atoms with E-state index in [1.54, 1.807) is 21.0 Å². The molecular formula is C23H27N5O2. The van der Waals surface area contributed by atoms with Crippen LogP contribution in [-0.2, 0) is 5.60 Å². The summed E-state index contributed by atoms with van der Waals surface area (Å²) in [6, 6.07) is 13.7. The minimum absolute atomic E-state index is 0.133. The Morgan fingerprint density at radius 2 is 1.90 bits per heavy atom. The second-order valence-corrected chi connectivity index (χ2v) is 8.35. The van der Waals surface area contributed by atoms with Gasteiger partial charge in [-0.05, 0) is 55.9 Å². The molecule has 7 nitrogen and oxygen atoms in total. The van der Waals surface area contributed by atoms with Crippen molar-refractivity contribution in [3.8, 4) is 5.75 Å². The number of nitrogens with two attached hydrogens (primary N) is 2. The topological polar surface area (TPSA) is 120 Å². The highest BCUT2D eigenvalue weighted by Gasteiger charge is 2.33. The molecule has 1 saturated carbocycles. The lowest BCUT2D eigenvalue weighted by Gasteiger charge is -2.35. The van der Waals surface area contributed by atoms with Gasteiger partial charge in [0.25, 0.3) is 0 Å². The number of methoxy groups -OCH3 is 1. The average molecular weight is 406 g/mol. The maximum atomic E-state index is 10.3. The average Bonchev–Trinajstić information content (AvgIpc) is 2.66. The number of benzene rings is 2.